The van der Waals surface area contributed by atoms with E-state index in [-0.39, 0.29) is 53.6 Å². The number of Topliss-reactive ketones (excluding diaryl/α,β-unsaturated/α-hetero) is 1. The predicted molar refractivity (Wildman–Crippen MR) is 179 cm³/mol. The molecule has 50 heavy (non-hydrogen) atoms. The number of ketones is 2. The number of allylic oxidation sites excluding steroid dienone is 4. The minimum atomic E-state index is -1.46. The fraction of sp³-hybridized carbons (Fsp3) is 0.225. The van der Waals surface area contributed by atoms with Crippen molar-refractivity contribution in [1.82, 2.24) is 0 Å². The third kappa shape index (κ3) is 4.41. The molecule has 3 aromatic carbocycles. The molecule has 2 heterocycles. The van der Waals surface area contributed by atoms with Crippen LogP contribution in [0.25, 0.3) is 5.57 Å². The van der Waals surface area contributed by atoms with Crippen molar-refractivity contribution in [2.45, 2.75) is 30.8 Å². The van der Waals surface area contributed by atoms with Crippen molar-refractivity contribution < 1.29 is 43.7 Å². The number of benzene rings is 3. The summed E-state index contributed by atoms with van der Waals surface area (Å²) in [6.07, 6.45) is 3.59. The Morgan fingerprint density at radius 2 is 1.60 bits per heavy atom. The summed E-state index contributed by atoms with van der Waals surface area (Å²) in [7, 11) is 0. The van der Waals surface area contributed by atoms with E-state index in [1.165, 1.54) is 12.1 Å². The summed E-state index contributed by atoms with van der Waals surface area (Å²) >= 11 is 0. The van der Waals surface area contributed by atoms with Gasteiger partial charge in [-0.25, -0.2) is 9.69 Å². The number of imide groups is 1. The summed E-state index contributed by atoms with van der Waals surface area (Å²) in [5, 5.41) is 29.8. The highest BCUT2D eigenvalue weighted by atomic mass is 16.4. The molecule has 1 saturated carbocycles. The molecule has 2 fully saturated rings. The van der Waals surface area contributed by atoms with Gasteiger partial charge in [-0.1, -0.05) is 72.3 Å². The molecule has 6 unspecified atom stereocenters. The van der Waals surface area contributed by atoms with E-state index in [0.29, 0.717) is 22.5 Å². The number of hydrogen-bond donors (Lipinski definition) is 3. The molecule has 2 amide bonds. The average Bonchev–Trinajstić information content (AvgIpc) is 3.71. The van der Waals surface area contributed by atoms with Crippen LogP contribution >= 0.6 is 0 Å². The fourth-order valence-electron chi connectivity index (χ4n) is 8.91. The Labute approximate surface area is 286 Å². The van der Waals surface area contributed by atoms with Gasteiger partial charge in [0.25, 0.3) is 0 Å². The van der Waals surface area contributed by atoms with Crippen LogP contribution in [0.5, 0.6) is 5.75 Å². The Morgan fingerprint density at radius 3 is 2.26 bits per heavy atom. The first-order valence-corrected chi connectivity index (χ1v) is 16.4. The highest BCUT2D eigenvalue weighted by Gasteiger charge is 2.66. The van der Waals surface area contributed by atoms with Gasteiger partial charge < -0.3 is 19.7 Å². The standard InChI is InChI=1S/C40H31NO9/c42-20-24-12-16-32(50-24)35-25-14-15-27-34(38(47)41(37(27)46)23-11-13-26(39(48)49)31(43)17-23)29(25)18-30-36(45)28(21-7-3-1-4-8-21)19-33(44)40(30,35)22-9-5-2-6-10-22/h1-14,16-17,19,27,29-30,34-35,42-43H,15,18,20H2,(H,48,49). The number of phenols is 1. The van der Waals surface area contributed by atoms with Crippen LogP contribution in [-0.2, 0) is 31.2 Å². The number of aromatic carboxylic acids is 1. The largest absolute Gasteiger partial charge is 0.507 e. The van der Waals surface area contributed by atoms with Crippen LogP contribution in [0.15, 0.2) is 113 Å². The number of carbonyl (C=O) groups is 5. The molecule has 4 aliphatic rings. The first-order valence-electron chi connectivity index (χ1n) is 16.4. The van der Waals surface area contributed by atoms with Crippen molar-refractivity contribution in [1.29, 1.82) is 0 Å². The molecule has 0 radical (unpaired) electrons. The lowest BCUT2D eigenvalue weighted by atomic mass is 9.45. The number of amides is 2. The van der Waals surface area contributed by atoms with Crippen molar-refractivity contribution in [3.05, 3.63) is 137 Å². The van der Waals surface area contributed by atoms with Gasteiger partial charge in [0.1, 0.15) is 29.4 Å². The monoisotopic (exact) mass is 669 g/mol. The maximum absolute atomic E-state index is 15.0. The zero-order valence-corrected chi connectivity index (χ0v) is 26.6. The Morgan fingerprint density at radius 1 is 0.880 bits per heavy atom. The second-order valence-corrected chi connectivity index (χ2v) is 13.3. The molecule has 6 atom stereocenters. The summed E-state index contributed by atoms with van der Waals surface area (Å²) in [5.41, 5.74) is 0.395. The van der Waals surface area contributed by atoms with E-state index in [0.717, 1.165) is 17.0 Å². The van der Waals surface area contributed by atoms with Gasteiger partial charge in [0.15, 0.2) is 11.6 Å². The SMILES string of the molecule is O=C(O)c1ccc(N2C(=O)C3CC=C4C(CC5C(=O)C(c6ccccc6)=CC(=O)C5(c5ccccc5)C4c4ccc(CO)o4)C3C2=O)cc1O. The molecule has 8 rings (SSSR count). The molecule has 1 aromatic heterocycles. The number of aliphatic hydroxyl groups is 1. The van der Waals surface area contributed by atoms with E-state index in [1.54, 1.807) is 36.4 Å². The zero-order valence-electron chi connectivity index (χ0n) is 26.6. The van der Waals surface area contributed by atoms with Crippen molar-refractivity contribution in [3.63, 3.8) is 0 Å². The van der Waals surface area contributed by atoms with Crippen LogP contribution in [0.1, 0.15) is 51.8 Å². The molecular weight excluding hydrogens is 638 g/mol. The number of furan rings is 1. The molecule has 1 aliphatic heterocycles. The van der Waals surface area contributed by atoms with Crippen LogP contribution < -0.4 is 4.90 Å². The van der Waals surface area contributed by atoms with E-state index >= 15 is 0 Å². The van der Waals surface area contributed by atoms with Crippen LogP contribution in [0, 0.1) is 23.7 Å². The molecule has 3 aliphatic carbocycles. The van der Waals surface area contributed by atoms with Gasteiger partial charge in [0.2, 0.25) is 11.8 Å². The third-order valence-electron chi connectivity index (χ3n) is 11.0. The summed E-state index contributed by atoms with van der Waals surface area (Å²) in [6, 6.07) is 24.9. The van der Waals surface area contributed by atoms with E-state index in [2.05, 4.69) is 0 Å². The lowest BCUT2D eigenvalue weighted by Crippen LogP contribution is -2.58. The molecule has 1 saturated heterocycles. The van der Waals surface area contributed by atoms with Crippen molar-refractivity contribution in [2.24, 2.45) is 23.7 Å². The smallest absolute Gasteiger partial charge is 0.339 e. The average molecular weight is 670 g/mol. The number of carboxylic acid groups (broad SMARTS) is 1. The van der Waals surface area contributed by atoms with Crippen molar-refractivity contribution in [3.8, 4) is 5.75 Å². The number of carboxylic acids is 1. The van der Waals surface area contributed by atoms with Gasteiger partial charge in [-0.15, -0.1) is 0 Å². The number of nitrogens with zero attached hydrogens (tertiary/aromatic N) is 1. The molecule has 3 N–H and O–H groups in total. The summed E-state index contributed by atoms with van der Waals surface area (Å²) < 4.78 is 6.19. The summed E-state index contributed by atoms with van der Waals surface area (Å²) in [4.78, 5) is 70.8. The number of carbonyl (C=O) groups excluding carboxylic acids is 4. The van der Waals surface area contributed by atoms with Gasteiger partial charge in [-0.3, -0.25) is 19.2 Å². The molecule has 10 heteroatoms. The zero-order chi connectivity index (χ0) is 34.9. The summed E-state index contributed by atoms with van der Waals surface area (Å²) in [5.74, 6) is -7.03. The van der Waals surface area contributed by atoms with E-state index in [4.69, 9.17) is 4.42 Å². The number of aromatic hydroxyl groups is 1. The number of aliphatic hydroxyl groups excluding tert-OH is 1. The summed E-state index contributed by atoms with van der Waals surface area (Å²) in [6.45, 7) is -0.387. The van der Waals surface area contributed by atoms with E-state index < -0.39 is 58.5 Å². The van der Waals surface area contributed by atoms with Crippen molar-refractivity contribution >= 4 is 40.6 Å². The number of fused-ring (bicyclic) bond motifs is 4. The second-order valence-electron chi connectivity index (χ2n) is 13.3. The van der Waals surface area contributed by atoms with Crippen molar-refractivity contribution in [2.75, 3.05) is 4.90 Å². The van der Waals surface area contributed by atoms with Gasteiger partial charge in [-0.2, -0.15) is 0 Å². The van der Waals surface area contributed by atoms with Gasteiger partial charge in [0, 0.05) is 17.6 Å². The predicted octanol–water partition coefficient (Wildman–Crippen LogP) is 5.20. The normalized spacial score (nSPS) is 27.3. The Bertz CT molecular complexity index is 2160. The molecule has 4 aromatic rings. The maximum Gasteiger partial charge on any atom is 0.339 e. The molecular formula is C40H31NO9. The van der Waals surface area contributed by atoms with Crippen LogP contribution in [-0.4, -0.2) is 44.7 Å². The topological polar surface area (TPSA) is 162 Å². The van der Waals surface area contributed by atoms with E-state index in [1.807, 2.05) is 42.5 Å². The third-order valence-corrected chi connectivity index (χ3v) is 11.0. The lowest BCUT2D eigenvalue weighted by molar-refractivity contribution is -0.135. The van der Waals surface area contributed by atoms with Gasteiger partial charge >= 0.3 is 5.97 Å². The molecule has 0 spiro atoms. The quantitative estimate of drug-likeness (QED) is 0.185. The molecule has 250 valence electrons. The van der Waals surface area contributed by atoms with Crippen LogP contribution in [0.2, 0.25) is 0 Å². The van der Waals surface area contributed by atoms with Gasteiger partial charge in [-0.05, 0) is 60.2 Å². The molecule has 10 nitrogen and oxygen atoms in total. The second kappa shape index (κ2) is 11.6. The number of rotatable bonds is 6. The lowest BCUT2D eigenvalue weighted by Gasteiger charge is -2.54. The highest BCUT2D eigenvalue weighted by molar-refractivity contribution is 6.32. The maximum atomic E-state index is 15.0. The Balaban J connectivity index is 1.32. The van der Waals surface area contributed by atoms with E-state index in [9.17, 15) is 39.3 Å². The first-order chi connectivity index (χ1) is 24.2. The Hall–Kier alpha value is -5.87. The minimum absolute atomic E-state index is 0.0429. The fourth-order valence-corrected chi connectivity index (χ4v) is 8.91. The Kier molecular flexibility index (Phi) is 7.30. The molecule has 0 bridgehead atoms. The minimum Gasteiger partial charge on any atom is -0.507 e. The number of anilines is 1. The highest BCUT2D eigenvalue weighted by Crippen LogP contribution is 2.64. The van der Waals surface area contributed by atoms with Crippen LogP contribution in [0.3, 0.4) is 0 Å². The van der Waals surface area contributed by atoms with Gasteiger partial charge in [0.05, 0.1) is 28.9 Å². The van der Waals surface area contributed by atoms with Crippen LogP contribution in [0.4, 0.5) is 5.69 Å². The first kappa shape index (κ1) is 31.4. The number of hydrogen-bond acceptors (Lipinski definition) is 8.